The highest BCUT2D eigenvalue weighted by Crippen LogP contribution is 2.32. The van der Waals surface area contributed by atoms with Crippen LogP contribution in [0.5, 0.6) is 5.75 Å². The molecule has 3 rings (SSSR count). The van der Waals surface area contributed by atoms with Crippen LogP contribution in [-0.4, -0.2) is 45.5 Å². The molecular formula is C16H24Cl2N2O3S. The summed E-state index contributed by atoms with van der Waals surface area (Å²) in [6.07, 6.45) is 4.36. The molecule has 2 fully saturated rings. The second-order valence-electron chi connectivity index (χ2n) is 6.21. The van der Waals surface area contributed by atoms with Gasteiger partial charge in [0.2, 0.25) is 10.0 Å². The van der Waals surface area contributed by atoms with Gasteiger partial charge in [-0.2, -0.15) is 4.31 Å². The van der Waals surface area contributed by atoms with Crippen molar-refractivity contribution < 1.29 is 13.2 Å². The molecule has 0 atom stereocenters. The Morgan fingerprint density at radius 3 is 2.71 bits per heavy atom. The predicted molar refractivity (Wildman–Crippen MR) is 97.8 cm³/mol. The number of benzene rings is 1. The summed E-state index contributed by atoms with van der Waals surface area (Å²) < 4.78 is 33.3. The van der Waals surface area contributed by atoms with E-state index in [4.69, 9.17) is 16.3 Å². The zero-order chi connectivity index (χ0) is 16.3. The molecule has 1 saturated carbocycles. The molecule has 0 aromatic heterocycles. The molecule has 24 heavy (non-hydrogen) atoms. The fraction of sp³-hybridized carbons (Fsp3) is 0.625. The third-order valence-corrected chi connectivity index (χ3v) is 6.68. The lowest BCUT2D eigenvalue weighted by atomic mass is 9.86. The molecule has 1 aliphatic heterocycles. The van der Waals surface area contributed by atoms with Gasteiger partial charge in [0.25, 0.3) is 0 Å². The third-order valence-electron chi connectivity index (χ3n) is 4.52. The fourth-order valence-corrected chi connectivity index (χ4v) is 4.74. The van der Waals surface area contributed by atoms with E-state index in [0.29, 0.717) is 42.9 Å². The summed E-state index contributed by atoms with van der Waals surface area (Å²) in [6.45, 7) is 3.07. The number of nitrogens with one attached hydrogen (secondary N) is 1. The van der Waals surface area contributed by atoms with E-state index < -0.39 is 10.0 Å². The molecule has 0 amide bonds. The van der Waals surface area contributed by atoms with Gasteiger partial charge in [0.15, 0.2) is 0 Å². The fourth-order valence-electron chi connectivity index (χ4n) is 2.87. The van der Waals surface area contributed by atoms with Crippen LogP contribution in [0.3, 0.4) is 0 Å². The summed E-state index contributed by atoms with van der Waals surface area (Å²) in [5, 5.41) is 3.63. The lowest BCUT2D eigenvalue weighted by Crippen LogP contribution is -2.34. The van der Waals surface area contributed by atoms with Gasteiger partial charge in [0, 0.05) is 24.7 Å². The van der Waals surface area contributed by atoms with Gasteiger partial charge in [-0.15, -0.1) is 12.4 Å². The number of ether oxygens (including phenoxy) is 1. The van der Waals surface area contributed by atoms with Crippen molar-refractivity contribution in [3.8, 4) is 5.75 Å². The minimum absolute atomic E-state index is 0. The first kappa shape index (κ1) is 19.8. The summed E-state index contributed by atoms with van der Waals surface area (Å²) in [6, 6.07) is 4.86. The largest absolute Gasteiger partial charge is 0.492 e. The maximum Gasteiger partial charge on any atom is 0.246 e. The van der Waals surface area contributed by atoms with Gasteiger partial charge >= 0.3 is 0 Å². The molecule has 0 radical (unpaired) electrons. The van der Waals surface area contributed by atoms with Crippen LogP contribution in [0.15, 0.2) is 23.1 Å². The summed E-state index contributed by atoms with van der Waals surface area (Å²) in [5.74, 6) is 0.960. The Morgan fingerprint density at radius 1 is 1.21 bits per heavy atom. The minimum Gasteiger partial charge on any atom is -0.492 e. The Kier molecular flexibility index (Phi) is 7.19. The van der Waals surface area contributed by atoms with Crippen LogP contribution in [0.2, 0.25) is 5.02 Å². The highest BCUT2D eigenvalue weighted by molar-refractivity contribution is 7.89. The van der Waals surface area contributed by atoms with Gasteiger partial charge in [0.1, 0.15) is 10.6 Å². The van der Waals surface area contributed by atoms with E-state index >= 15 is 0 Å². The first-order valence-electron chi connectivity index (χ1n) is 8.20. The number of rotatable bonds is 5. The highest BCUT2D eigenvalue weighted by atomic mass is 35.5. The third kappa shape index (κ3) is 4.55. The predicted octanol–water partition coefficient (Wildman–Crippen LogP) is 2.92. The topological polar surface area (TPSA) is 58.6 Å². The molecule has 1 N–H and O–H groups in total. The normalized spacial score (nSPS) is 19.9. The zero-order valence-corrected chi connectivity index (χ0v) is 15.9. The van der Waals surface area contributed by atoms with Crippen LogP contribution in [0.4, 0.5) is 0 Å². The molecule has 0 spiro atoms. The van der Waals surface area contributed by atoms with Gasteiger partial charge in [0.05, 0.1) is 6.61 Å². The number of hydrogen-bond acceptors (Lipinski definition) is 4. The summed E-state index contributed by atoms with van der Waals surface area (Å²) in [5.41, 5.74) is 0. The molecule has 0 unspecified atom stereocenters. The van der Waals surface area contributed by atoms with Crippen LogP contribution in [-0.2, 0) is 10.0 Å². The molecule has 8 heteroatoms. The maximum absolute atomic E-state index is 13.0. The van der Waals surface area contributed by atoms with Crippen LogP contribution in [0, 0.1) is 5.92 Å². The van der Waals surface area contributed by atoms with Crippen molar-refractivity contribution in [2.24, 2.45) is 5.92 Å². The maximum atomic E-state index is 13.0. The first-order valence-corrected chi connectivity index (χ1v) is 10.0. The molecule has 1 aromatic carbocycles. The van der Waals surface area contributed by atoms with Crippen molar-refractivity contribution in [3.05, 3.63) is 23.2 Å². The summed E-state index contributed by atoms with van der Waals surface area (Å²) in [7, 11) is -3.59. The van der Waals surface area contributed by atoms with Crippen molar-refractivity contribution in [1.82, 2.24) is 9.62 Å². The molecule has 1 aliphatic carbocycles. The lowest BCUT2D eigenvalue weighted by Gasteiger charge is -2.26. The van der Waals surface area contributed by atoms with Crippen LogP contribution in [0.25, 0.3) is 0 Å². The Labute approximate surface area is 155 Å². The van der Waals surface area contributed by atoms with Crippen LogP contribution < -0.4 is 10.1 Å². The molecule has 2 aliphatic rings. The quantitative estimate of drug-likeness (QED) is 0.833. The van der Waals surface area contributed by atoms with Gasteiger partial charge in [-0.3, -0.25) is 0 Å². The van der Waals surface area contributed by atoms with E-state index in [2.05, 4.69) is 5.32 Å². The number of sulfonamides is 1. The second kappa shape index (κ2) is 8.72. The highest BCUT2D eigenvalue weighted by Gasteiger charge is 2.29. The molecule has 136 valence electrons. The number of halogens is 2. The van der Waals surface area contributed by atoms with Gasteiger partial charge in [-0.05, 0) is 49.9 Å². The zero-order valence-electron chi connectivity index (χ0n) is 13.5. The Balaban J connectivity index is 0.00000208. The summed E-state index contributed by atoms with van der Waals surface area (Å²) in [4.78, 5) is 0.186. The monoisotopic (exact) mass is 394 g/mol. The molecule has 0 bridgehead atoms. The van der Waals surface area contributed by atoms with Gasteiger partial charge in [-0.25, -0.2) is 8.42 Å². The summed E-state index contributed by atoms with van der Waals surface area (Å²) >= 11 is 6.04. The van der Waals surface area contributed by atoms with E-state index in [1.807, 2.05) is 0 Å². The molecule has 1 heterocycles. The van der Waals surface area contributed by atoms with Crippen molar-refractivity contribution in [1.29, 1.82) is 0 Å². The Bertz CT molecular complexity index is 643. The average molecular weight is 395 g/mol. The van der Waals surface area contributed by atoms with Gasteiger partial charge in [-0.1, -0.05) is 18.0 Å². The van der Waals surface area contributed by atoms with Crippen molar-refractivity contribution in [2.45, 2.75) is 30.6 Å². The number of hydrogen-bond donors (Lipinski definition) is 1. The van der Waals surface area contributed by atoms with E-state index in [0.717, 1.165) is 25.8 Å². The van der Waals surface area contributed by atoms with E-state index in [1.165, 1.54) is 16.8 Å². The molecule has 1 saturated heterocycles. The lowest BCUT2D eigenvalue weighted by molar-refractivity contribution is 0.177. The van der Waals surface area contributed by atoms with Crippen molar-refractivity contribution in [2.75, 3.05) is 32.8 Å². The Morgan fingerprint density at radius 2 is 2.00 bits per heavy atom. The average Bonchev–Trinajstić information content (AvgIpc) is 2.76. The smallest absolute Gasteiger partial charge is 0.246 e. The minimum atomic E-state index is -3.59. The second-order valence-corrected chi connectivity index (χ2v) is 8.55. The standard InChI is InChI=1S/C16H23ClN2O3S.ClH/c17-14-5-6-15(22-12-13-3-1-4-13)16(11-14)23(20,21)19-9-2-7-18-8-10-19;/h5-6,11,13,18H,1-4,7-10,12H2;1H. The molecule has 5 nitrogen and oxygen atoms in total. The first-order chi connectivity index (χ1) is 11.1. The SMILES string of the molecule is Cl.O=S(=O)(c1cc(Cl)ccc1OCC1CCC1)N1CCCNCC1. The van der Waals surface area contributed by atoms with E-state index in [1.54, 1.807) is 12.1 Å². The van der Waals surface area contributed by atoms with E-state index in [-0.39, 0.29) is 17.3 Å². The molecule has 1 aromatic rings. The van der Waals surface area contributed by atoms with Gasteiger partial charge < -0.3 is 10.1 Å². The Hall–Kier alpha value is -0.530. The van der Waals surface area contributed by atoms with Crippen molar-refractivity contribution in [3.63, 3.8) is 0 Å². The van der Waals surface area contributed by atoms with Crippen LogP contribution in [0.1, 0.15) is 25.7 Å². The van der Waals surface area contributed by atoms with Crippen molar-refractivity contribution >= 4 is 34.0 Å². The molecular weight excluding hydrogens is 371 g/mol. The number of nitrogens with zero attached hydrogens (tertiary/aromatic N) is 1. The van der Waals surface area contributed by atoms with Crippen LogP contribution >= 0.6 is 24.0 Å². The van der Waals surface area contributed by atoms with E-state index in [9.17, 15) is 8.42 Å².